The van der Waals surface area contributed by atoms with Gasteiger partial charge in [0.2, 0.25) is 0 Å². The van der Waals surface area contributed by atoms with Crippen LogP contribution in [0.3, 0.4) is 0 Å². The van der Waals surface area contributed by atoms with Gasteiger partial charge in [0, 0.05) is 17.7 Å². The Bertz CT molecular complexity index is 1510. The lowest BCUT2D eigenvalue weighted by molar-refractivity contribution is 0.0745. The Balaban J connectivity index is 1.53. The number of methoxy groups -OCH3 is 3. The number of fused-ring (bicyclic) bond motifs is 1. The molecule has 214 valence electrons. The fourth-order valence-corrected chi connectivity index (χ4v) is 5.29. The molecule has 0 bridgehead atoms. The minimum Gasteiger partial charge on any atom is -0.493 e. The van der Waals surface area contributed by atoms with Crippen molar-refractivity contribution in [3.05, 3.63) is 88.6 Å². The van der Waals surface area contributed by atoms with E-state index in [1.54, 1.807) is 21.3 Å². The summed E-state index contributed by atoms with van der Waals surface area (Å²) in [7, 11) is 4.88. The summed E-state index contributed by atoms with van der Waals surface area (Å²) in [4.78, 5) is 15.8. The summed E-state index contributed by atoms with van der Waals surface area (Å²) in [5, 5.41) is 7.66. The summed E-state index contributed by atoms with van der Waals surface area (Å²) in [5.74, 6) is 2.58. The third-order valence-corrected chi connectivity index (χ3v) is 7.54. The zero-order valence-corrected chi connectivity index (χ0v) is 24.3. The molecule has 1 aromatic heterocycles. The maximum Gasteiger partial charge on any atom is 0.273 e. The number of nitrogens with one attached hydrogen (secondary N) is 1. The number of rotatable bonds is 12. The van der Waals surface area contributed by atoms with E-state index in [4.69, 9.17) is 18.9 Å². The first kappa shape index (κ1) is 28.1. The average molecular weight is 556 g/mol. The number of carbonyl (C=O) groups excluding carboxylic acids is 1. The molecule has 8 nitrogen and oxygen atoms in total. The summed E-state index contributed by atoms with van der Waals surface area (Å²) in [5.41, 5.74) is 6.24. The number of carbonyl (C=O) groups is 1. The molecule has 0 radical (unpaired) electrons. The van der Waals surface area contributed by atoms with Crippen LogP contribution in [0.2, 0.25) is 0 Å². The van der Waals surface area contributed by atoms with Crippen LogP contribution >= 0.6 is 0 Å². The normalized spacial score (nSPS) is 14.2. The molecule has 0 saturated carbocycles. The molecule has 4 aromatic rings. The van der Waals surface area contributed by atoms with Gasteiger partial charge in [0.15, 0.2) is 23.0 Å². The van der Waals surface area contributed by atoms with Crippen LogP contribution in [-0.4, -0.2) is 55.5 Å². The lowest BCUT2D eigenvalue weighted by atomic mass is 9.95. The van der Waals surface area contributed by atoms with E-state index in [0.717, 1.165) is 46.4 Å². The maximum absolute atomic E-state index is 13.9. The largest absolute Gasteiger partial charge is 0.493 e. The van der Waals surface area contributed by atoms with Gasteiger partial charge in [-0.25, -0.2) is 0 Å². The van der Waals surface area contributed by atoms with Crippen molar-refractivity contribution in [3.63, 3.8) is 0 Å². The Morgan fingerprint density at radius 2 is 1.59 bits per heavy atom. The number of aryl methyl sites for hydroxylation is 1. The van der Waals surface area contributed by atoms with E-state index in [9.17, 15) is 4.79 Å². The van der Waals surface area contributed by atoms with E-state index in [2.05, 4.69) is 36.2 Å². The fourth-order valence-electron chi connectivity index (χ4n) is 5.29. The second kappa shape index (κ2) is 12.4. The minimum absolute atomic E-state index is 0.0847. The SMILES string of the molecule is CCCCOc1ccc(C2c3c(-c4ccc(C)cc4)n[nH]c3C(=O)N2CCc2ccc(OC)c(OC)c2)cc1OC. The Kier molecular flexibility index (Phi) is 8.47. The third-order valence-electron chi connectivity index (χ3n) is 7.54. The first-order valence-corrected chi connectivity index (χ1v) is 14.0. The van der Waals surface area contributed by atoms with Crippen LogP contribution in [0, 0.1) is 6.92 Å². The minimum atomic E-state index is -0.355. The predicted molar refractivity (Wildman–Crippen MR) is 158 cm³/mol. The second-order valence-corrected chi connectivity index (χ2v) is 10.2. The first-order valence-electron chi connectivity index (χ1n) is 14.0. The predicted octanol–water partition coefficient (Wildman–Crippen LogP) is 6.38. The second-order valence-electron chi connectivity index (χ2n) is 10.2. The zero-order chi connectivity index (χ0) is 28.9. The van der Waals surface area contributed by atoms with Gasteiger partial charge in [-0.15, -0.1) is 0 Å². The number of hydrogen-bond donors (Lipinski definition) is 1. The van der Waals surface area contributed by atoms with E-state index in [-0.39, 0.29) is 11.9 Å². The zero-order valence-electron chi connectivity index (χ0n) is 24.3. The molecular formula is C33H37N3O5. The van der Waals surface area contributed by atoms with Gasteiger partial charge in [-0.05, 0) is 55.2 Å². The van der Waals surface area contributed by atoms with Crippen molar-refractivity contribution >= 4 is 5.91 Å². The highest BCUT2D eigenvalue weighted by atomic mass is 16.5. The molecule has 0 saturated heterocycles. The van der Waals surface area contributed by atoms with Crippen LogP contribution in [-0.2, 0) is 6.42 Å². The van der Waals surface area contributed by atoms with Crippen LogP contribution in [0.5, 0.6) is 23.0 Å². The highest BCUT2D eigenvalue weighted by Gasteiger charge is 2.42. The number of aromatic nitrogens is 2. The van der Waals surface area contributed by atoms with Gasteiger partial charge in [-0.2, -0.15) is 5.10 Å². The molecule has 0 spiro atoms. The number of amides is 1. The molecule has 1 unspecified atom stereocenters. The number of hydrogen-bond acceptors (Lipinski definition) is 6. The van der Waals surface area contributed by atoms with Crippen LogP contribution in [0.1, 0.15) is 58.5 Å². The van der Waals surface area contributed by atoms with Crippen molar-refractivity contribution < 1.29 is 23.7 Å². The highest BCUT2D eigenvalue weighted by molar-refractivity contribution is 6.00. The quantitative estimate of drug-likeness (QED) is 0.204. The number of ether oxygens (including phenoxy) is 4. The van der Waals surface area contributed by atoms with Crippen molar-refractivity contribution in [2.45, 2.75) is 39.2 Å². The molecule has 3 aromatic carbocycles. The molecule has 8 heteroatoms. The van der Waals surface area contributed by atoms with Crippen molar-refractivity contribution in [3.8, 4) is 34.3 Å². The van der Waals surface area contributed by atoms with Crippen molar-refractivity contribution in [1.29, 1.82) is 0 Å². The van der Waals surface area contributed by atoms with Crippen molar-refractivity contribution in [2.24, 2.45) is 0 Å². The lowest BCUT2D eigenvalue weighted by Crippen LogP contribution is -2.31. The number of aromatic amines is 1. The van der Waals surface area contributed by atoms with Gasteiger partial charge in [0.1, 0.15) is 5.69 Å². The topological polar surface area (TPSA) is 85.9 Å². The lowest BCUT2D eigenvalue weighted by Gasteiger charge is -2.27. The molecule has 0 aliphatic carbocycles. The van der Waals surface area contributed by atoms with Crippen LogP contribution in [0.4, 0.5) is 0 Å². The molecule has 5 rings (SSSR count). The summed E-state index contributed by atoms with van der Waals surface area (Å²) < 4.78 is 22.6. The molecule has 1 N–H and O–H groups in total. The van der Waals surface area contributed by atoms with Gasteiger partial charge in [-0.1, -0.05) is 55.3 Å². The Morgan fingerprint density at radius 3 is 2.29 bits per heavy atom. The van der Waals surface area contributed by atoms with Crippen LogP contribution in [0.15, 0.2) is 60.7 Å². The summed E-state index contributed by atoms with van der Waals surface area (Å²) in [6.45, 7) is 5.30. The van der Waals surface area contributed by atoms with Gasteiger partial charge in [-0.3, -0.25) is 9.89 Å². The Hall–Kier alpha value is -4.46. The number of benzene rings is 3. The van der Waals surface area contributed by atoms with Crippen molar-refractivity contribution in [2.75, 3.05) is 34.5 Å². The summed E-state index contributed by atoms with van der Waals surface area (Å²) in [6, 6.07) is 19.6. The average Bonchev–Trinajstić information content (AvgIpc) is 3.55. The molecule has 1 atom stereocenters. The smallest absolute Gasteiger partial charge is 0.273 e. The maximum atomic E-state index is 13.9. The molecular weight excluding hydrogens is 518 g/mol. The molecule has 41 heavy (non-hydrogen) atoms. The first-order chi connectivity index (χ1) is 20.0. The van der Waals surface area contributed by atoms with Gasteiger partial charge in [0.25, 0.3) is 5.91 Å². The number of nitrogens with zero attached hydrogens (tertiary/aromatic N) is 2. The molecule has 2 heterocycles. The van der Waals surface area contributed by atoms with Crippen LogP contribution < -0.4 is 18.9 Å². The van der Waals surface area contributed by atoms with E-state index in [0.29, 0.717) is 48.3 Å². The van der Waals surface area contributed by atoms with Gasteiger partial charge < -0.3 is 23.8 Å². The molecule has 1 aliphatic heterocycles. The van der Waals surface area contributed by atoms with Gasteiger partial charge >= 0.3 is 0 Å². The van der Waals surface area contributed by atoms with E-state index < -0.39 is 0 Å². The van der Waals surface area contributed by atoms with E-state index >= 15 is 0 Å². The molecule has 1 amide bonds. The van der Waals surface area contributed by atoms with E-state index in [1.165, 1.54) is 0 Å². The number of unbranched alkanes of at least 4 members (excludes halogenated alkanes) is 1. The van der Waals surface area contributed by atoms with Gasteiger partial charge in [0.05, 0.1) is 39.7 Å². The fraction of sp³-hybridized carbons (Fsp3) is 0.333. The Morgan fingerprint density at radius 1 is 0.878 bits per heavy atom. The standard InChI is InChI=1S/C33H37N3O5/c1-6-7-18-41-26-15-13-24(20-28(26)40-5)32-29-30(23-11-8-21(2)9-12-23)34-35-31(29)33(37)36(32)17-16-22-10-14-25(38-3)27(19-22)39-4/h8-15,19-20,32H,6-7,16-18H2,1-5H3,(H,34,35). The third kappa shape index (κ3) is 5.59. The van der Waals surface area contributed by atoms with E-state index in [1.807, 2.05) is 53.4 Å². The van der Waals surface area contributed by atoms with Crippen molar-refractivity contribution in [1.82, 2.24) is 15.1 Å². The highest BCUT2D eigenvalue weighted by Crippen LogP contribution is 2.44. The number of H-pyrrole nitrogens is 1. The molecule has 1 aliphatic rings. The van der Waals surface area contributed by atoms with Crippen LogP contribution in [0.25, 0.3) is 11.3 Å². The summed E-state index contributed by atoms with van der Waals surface area (Å²) in [6.07, 6.45) is 2.64. The monoisotopic (exact) mass is 555 g/mol. The molecule has 0 fully saturated rings. The Labute approximate surface area is 241 Å². The summed E-state index contributed by atoms with van der Waals surface area (Å²) >= 11 is 0.